The van der Waals surface area contributed by atoms with Crippen LogP contribution in [0.3, 0.4) is 0 Å². The molecule has 2 aromatic heterocycles. The van der Waals surface area contributed by atoms with E-state index < -0.39 is 11.3 Å². The van der Waals surface area contributed by atoms with Crippen molar-refractivity contribution in [1.82, 2.24) is 4.98 Å². The maximum absolute atomic E-state index is 12.1. The summed E-state index contributed by atoms with van der Waals surface area (Å²) >= 11 is 0. The molecule has 0 aliphatic heterocycles. The van der Waals surface area contributed by atoms with Crippen LogP contribution in [0.2, 0.25) is 0 Å². The average molecular weight is 291 g/mol. The molecule has 0 amide bonds. The number of hydrogen-bond donors (Lipinski definition) is 0. The van der Waals surface area contributed by atoms with Crippen molar-refractivity contribution < 1.29 is 8.83 Å². The molecule has 0 saturated heterocycles. The molecule has 0 unspecified atom stereocenters. The van der Waals surface area contributed by atoms with E-state index in [0.29, 0.717) is 16.5 Å². The van der Waals surface area contributed by atoms with Gasteiger partial charge < -0.3 is 8.83 Å². The molecule has 5 nitrogen and oxygen atoms in total. The highest BCUT2D eigenvalue weighted by atomic mass is 16.4. The van der Waals surface area contributed by atoms with Crippen LogP contribution in [0.4, 0.5) is 0 Å². The molecule has 0 saturated carbocycles. The van der Waals surface area contributed by atoms with Crippen LogP contribution in [-0.4, -0.2) is 4.98 Å². The normalized spacial score (nSPS) is 11.1. The van der Waals surface area contributed by atoms with Crippen molar-refractivity contribution >= 4 is 21.9 Å². The zero-order valence-corrected chi connectivity index (χ0v) is 11.3. The Balaban J connectivity index is 2.05. The highest BCUT2D eigenvalue weighted by Crippen LogP contribution is 2.20. The van der Waals surface area contributed by atoms with Crippen LogP contribution in [0.25, 0.3) is 33.3 Å². The van der Waals surface area contributed by atoms with Crippen molar-refractivity contribution in [1.29, 1.82) is 0 Å². The van der Waals surface area contributed by atoms with Crippen LogP contribution in [-0.2, 0) is 0 Å². The lowest BCUT2D eigenvalue weighted by atomic mass is 10.2. The summed E-state index contributed by atoms with van der Waals surface area (Å²) in [5.41, 5.74) is -0.0555. The smallest absolute Gasteiger partial charge is 0.349 e. The molecule has 0 bridgehead atoms. The van der Waals surface area contributed by atoms with E-state index in [2.05, 4.69) is 4.98 Å². The van der Waals surface area contributed by atoms with E-state index in [1.54, 1.807) is 48.5 Å². The topological polar surface area (TPSA) is 73.3 Å². The standard InChI is InChI=1S/C17H9NO4/c19-16-11-6-2-3-7-13(11)18-15(22-16)12-9-10-5-1-4-8-14(10)21-17(12)20/h1-9H. The van der Waals surface area contributed by atoms with Crippen molar-refractivity contribution in [2.45, 2.75) is 0 Å². The van der Waals surface area contributed by atoms with Gasteiger partial charge in [-0.05, 0) is 24.3 Å². The number of fused-ring (bicyclic) bond motifs is 2. The Hall–Kier alpha value is -3.21. The first-order chi connectivity index (χ1) is 10.7. The summed E-state index contributed by atoms with van der Waals surface area (Å²) in [6.07, 6.45) is 0. The van der Waals surface area contributed by atoms with E-state index in [9.17, 15) is 9.59 Å². The molecule has 0 N–H and O–H groups in total. The molecule has 0 radical (unpaired) electrons. The molecular weight excluding hydrogens is 282 g/mol. The largest absolute Gasteiger partial charge is 0.422 e. The lowest BCUT2D eigenvalue weighted by molar-refractivity contribution is 0.507. The predicted molar refractivity (Wildman–Crippen MR) is 81.8 cm³/mol. The van der Waals surface area contributed by atoms with Crippen molar-refractivity contribution in [2.75, 3.05) is 0 Å². The lowest BCUT2D eigenvalue weighted by Crippen LogP contribution is -2.08. The monoisotopic (exact) mass is 291 g/mol. The van der Waals surface area contributed by atoms with Gasteiger partial charge in [0.25, 0.3) is 0 Å². The van der Waals surface area contributed by atoms with Crippen molar-refractivity contribution in [2.24, 2.45) is 0 Å². The summed E-state index contributed by atoms with van der Waals surface area (Å²) in [4.78, 5) is 28.4. The lowest BCUT2D eigenvalue weighted by Gasteiger charge is -2.02. The third-order valence-electron chi connectivity index (χ3n) is 3.41. The number of benzene rings is 2. The van der Waals surface area contributed by atoms with Crippen molar-refractivity contribution in [3.63, 3.8) is 0 Å². The van der Waals surface area contributed by atoms with Crippen LogP contribution in [0.5, 0.6) is 0 Å². The van der Waals surface area contributed by atoms with Crippen LogP contribution in [0.15, 0.2) is 73.0 Å². The number of hydrogen-bond acceptors (Lipinski definition) is 5. The fraction of sp³-hybridized carbons (Fsp3) is 0. The van der Waals surface area contributed by atoms with Gasteiger partial charge in [0.1, 0.15) is 11.1 Å². The van der Waals surface area contributed by atoms with Gasteiger partial charge in [0, 0.05) is 5.39 Å². The molecule has 0 fully saturated rings. The second kappa shape index (κ2) is 4.66. The van der Waals surface area contributed by atoms with E-state index in [1.165, 1.54) is 0 Å². The minimum atomic E-state index is -0.593. The van der Waals surface area contributed by atoms with E-state index >= 15 is 0 Å². The summed E-state index contributed by atoms with van der Waals surface area (Å²) in [6.45, 7) is 0. The van der Waals surface area contributed by atoms with Crippen molar-refractivity contribution in [3.8, 4) is 11.5 Å². The van der Waals surface area contributed by atoms with Gasteiger partial charge in [0.15, 0.2) is 0 Å². The molecule has 0 atom stereocenters. The number of nitrogens with zero attached hydrogens (tertiary/aromatic N) is 1. The second-order valence-corrected chi connectivity index (χ2v) is 4.81. The molecule has 2 aromatic carbocycles. The van der Waals surface area contributed by atoms with Gasteiger partial charge >= 0.3 is 11.3 Å². The molecule has 4 rings (SSSR count). The third kappa shape index (κ3) is 1.91. The van der Waals surface area contributed by atoms with Crippen LogP contribution in [0, 0.1) is 0 Å². The van der Waals surface area contributed by atoms with Crippen LogP contribution in [0.1, 0.15) is 0 Å². The molecular formula is C17H9NO4. The number of para-hydroxylation sites is 2. The first-order valence-corrected chi connectivity index (χ1v) is 6.65. The summed E-state index contributed by atoms with van der Waals surface area (Å²) in [6, 6.07) is 15.5. The SMILES string of the molecule is O=c1oc2ccccc2cc1-c1nc2ccccc2c(=O)o1. The molecule has 0 aliphatic rings. The number of rotatable bonds is 1. The Morgan fingerprint density at radius 3 is 2.50 bits per heavy atom. The third-order valence-corrected chi connectivity index (χ3v) is 3.41. The first kappa shape index (κ1) is 12.5. The predicted octanol–water partition coefficient (Wildman–Crippen LogP) is 2.96. The minimum Gasteiger partial charge on any atom is -0.422 e. The Labute approximate surface area is 123 Å². The summed E-state index contributed by atoms with van der Waals surface area (Å²) in [7, 11) is 0. The zero-order chi connectivity index (χ0) is 15.1. The molecule has 0 spiro atoms. The van der Waals surface area contributed by atoms with Gasteiger partial charge in [0.05, 0.1) is 10.9 Å². The Kier molecular flexibility index (Phi) is 2.66. The van der Waals surface area contributed by atoms with Gasteiger partial charge in [-0.2, -0.15) is 0 Å². The maximum atomic E-state index is 12.1. The molecule has 5 heteroatoms. The van der Waals surface area contributed by atoms with Crippen LogP contribution < -0.4 is 11.3 Å². The molecule has 22 heavy (non-hydrogen) atoms. The Morgan fingerprint density at radius 2 is 1.59 bits per heavy atom. The van der Waals surface area contributed by atoms with Gasteiger partial charge in [-0.3, -0.25) is 0 Å². The van der Waals surface area contributed by atoms with Crippen molar-refractivity contribution in [3.05, 3.63) is 75.4 Å². The van der Waals surface area contributed by atoms with E-state index in [1.807, 2.05) is 6.07 Å². The minimum absolute atomic E-state index is 0.0387. The molecule has 106 valence electrons. The van der Waals surface area contributed by atoms with Gasteiger partial charge in [-0.15, -0.1) is 0 Å². The average Bonchev–Trinajstić information content (AvgIpc) is 2.54. The molecule has 0 aliphatic carbocycles. The van der Waals surface area contributed by atoms with E-state index in [-0.39, 0.29) is 11.5 Å². The molecule has 2 heterocycles. The second-order valence-electron chi connectivity index (χ2n) is 4.81. The highest BCUT2D eigenvalue weighted by Gasteiger charge is 2.14. The zero-order valence-electron chi connectivity index (χ0n) is 11.3. The quantitative estimate of drug-likeness (QED) is 0.504. The Bertz CT molecular complexity index is 1120. The highest BCUT2D eigenvalue weighted by molar-refractivity contribution is 5.82. The fourth-order valence-corrected chi connectivity index (χ4v) is 2.34. The fourth-order valence-electron chi connectivity index (χ4n) is 2.34. The molecule has 4 aromatic rings. The Morgan fingerprint density at radius 1 is 0.818 bits per heavy atom. The summed E-state index contributed by atoms with van der Waals surface area (Å²) < 4.78 is 10.4. The van der Waals surface area contributed by atoms with E-state index in [0.717, 1.165) is 5.39 Å². The number of aromatic nitrogens is 1. The first-order valence-electron chi connectivity index (χ1n) is 6.65. The summed E-state index contributed by atoms with van der Waals surface area (Å²) in [5, 5.41) is 1.10. The van der Waals surface area contributed by atoms with Crippen LogP contribution >= 0.6 is 0 Å². The summed E-state index contributed by atoms with van der Waals surface area (Å²) in [5.74, 6) is -0.0387. The van der Waals surface area contributed by atoms with Gasteiger partial charge in [0.2, 0.25) is 5.89 Å². The van der Waals surface area contributed by atoms with Gasteiger partial charge in [-0.1, -0.05) is 30.3 Å². The maximum Gasteiger partial charge on any atom is 0.349 e. The van der Waals surface area contributed by atoms with E-state index in [4.69, 9.17) is 8.83 Å². The van der Waals surface area contributed by atoms with Gasteiger partial charge in [-0.25, -0.2) is 14.6 Å².